The normalized spacial score (nSPS) is 34.2. The molecular weight excluding hydrogens is 210 g/mol. The quantitative estimate of drug-likeness (QED) is 0.702. The standard InChI is InChI=1S/C11H19NO4/c13-5-3-11(4-7-15-8-11)12-10(14)9-2-1-6-16-9/h9,13H,1-8H2,(H,12,14). The molecule has 2 aliphatic rings. The maximum absolute atomic E-state index is 11.9. The van der Waals surface area contributed by atoms with Crippen molar-refractivity contribution in [2.24, 2.45) is 0 Å². The van der Waals surface area contributed by atoms with E-state index >= 15 is 0 Å². The summed E-state index contributed by atoms with van der Waals surface area (Å²) < 4.78 is 10.6. The van der Waals surface area contributed by atoms with Gasteiger partial charge in [-0.3, -0.25) is 4.79 Å². The van der Waals surface area contributed by atoms with Crippen LogP contribution >= 0.6 is 0 Å². The van der Waals surface area contributed by atoms with Gasteiger partial charge in [0, 0.05) is 19.8 Å². The van der Waals surface area contributed by atoms with Crippen molar-refractivity contribution < 1.29 is 19.4 Å². The van der Waals surface area contributed by atoms with Crippen molar-refractivity contribution in [1.29, 1.82) is 0 Å². The third-order valence-corrected chi connectivity index (χ3v) is 3.30. The molecule has 92 valence electrons. The molecule has 0 bridgehead atoms. The molecule has 5 heteroatoms. The number of rotatable bonds is 4. The minimum absolute atomic E-state index is 0.0588. The zero-order chi connectivity index (χ0) is 11.4. The van der Waals surface area contributed by atoms with E-state index in [2.05, 4.69) is 5.32 Å². The monoisotopic (exact) mass is 229 g/mol. The number of carbonyl (C=O) groups is 1. The Kier molecular flexibility index (Phi) is 3.78. The van der Waals surface area contributed by atoms with E-state index in [4.69, 9.17) is 14.6 Å². The fourth-order valence-electron chi connectivity index (χ4n) is 2.31. The van der Waals surface area contributed by atoms with Gasteiger partial charge in [-0.2, -0.15) is 0 Å². The lowest BCUT2D eigenvalue weighted by Gasteiger charge is -2.29. The number of ether oxygens (including phenoxy) is 2. The summed E-state index contributed by atoms with van der Waals surface area (Å²) in [5.41, 5.74) is -0.377. The number of aliphatic hydroxyl groups excluding tert-OH is 1. The zero-order valence-electron chi connectivity index (χ0n) is 9.41. The fraction of sp³-hybridized carbons (Fsp3) is 0.909. The number of amides is 1. The van der Waals surface area contributed by atoms with Gasteiger partial charge in [0.05, 0.1) is 12.1 Å². The summed E-state index contributed by atoms with van der Waals surface area (Å²) in [5.74, 6) is -0.0588. The summed E-state index contributed by atoms with van der Waals surface area (Å²) in [5, 5.41) is 12.0. The van der Waals surface area contributed by atoms with Crippen LogP contribution < -0.4 is 5.32 Å². The van der Waals surface area contributed by atoms with E-state index < -0.39 is 0 Å². The van der Waals surface area contributed by atoms with E-state index in [-0.39, 0.29) is 24.2 Å². The molecule has 0 aromatic rings. The maximum atomic E-state index is 11.9. The average molecular weight is 229 g/mol. The molecule has 16 heavy (non-hydrogen) atoms. The van der Waals surface area contributed by atoms with Crippen LogP contribution in [0.4, 0.5) is 0 Å². The molecular formula is C11H19NO4. The lowest BCUT2D eigenvalue weighted by Crippen LogP contribution is -2.52. The van der Waals surface area contributed by atoms with Crippen molar-refractivity contribution in [3.63, 3.8) is 0 Å². The Bertz CT molecular complexity index is 244. The first-order valence-electron chi connectivity index (χ1n) is 5.88. The van der Waals surface area contributed by atoms with Gasteiger partial charge in [-0.1, -0.05) is 0 Å². The Morgan fingerprint density at radius 3 is 2.94 bits per heavy atom. The van der Waals surface area contributed by atoms with E-state index in [1.165, 1.54) is 0 Å². The Hall–Kier alpha value is -0.650. The molecule has 0 radical (unpaired) electrons. The van der Waals surface area contributed by atoms with Crippen LogP contribution in [0.1, 0.15) is 25.7 Å². The molecule has 2 rings (SSSR count). The summed E-state index contributed by atoms with van der Waals surface area (Å²) in [6, 6.07) is 0. The Morgan fingerprint density at radius 1 is 1.50 bits per heavy atom. The summed E-state index contributed by atoms with van der Waals surface area (Å²) in [7, 11) is 0. The Morgan fingerprint density at radius 2 is 2.38 bits per heavy atom. The van der Waals surface area contributed by atoms with Gasteiger partial charge in [-0.15, -0.1) is 0 Å². The van der Waals surface area contributed by atoms with Gasteiger partial charge in [0.2, 0.25) is 5.91 Å². The average Bonchev–Trinajstić information content (AvgIpc) is 2.88. The van der Waals surface area contributed by atoms with Gasteiger partial charge in [0.15, 0.2) is 0 Å². The summed E-state index contributed by atoms with van der Waals surface area (Å²) in [6.45, 7) is 1.87. The smallest absolute Gasteiger partial charge is 0.249 e. The number of hydrogen-bond acceptors (Lipinski definition) is 4. The first-order chi connectivity index (χ1) is 7.76. The minimum Gasteiger partial charge on any atom is -0.396 e. The highest BCUT2D eigenvalue weighted by atomic mass is 16.5. The van der Waals surface area contributed by atoms with Gasteiger partial charge in [-0.25, -0.2) is 0 Å². The van der Waals surface area contributed by atoms with E-state index in [0.29, 0.717) is 26.2 Å². The molecule has 2 unspecified atom stereocenters. The predicted molar refractivity (Wildman–Crippen MR) is 57.0 cm³/mol. The molecule has 1 amide bonds. The first kappa shape index (κ1) is 11.8. The van der Waals surface area contributed by atoms with Crippen molar-refractivity contribution in [3.05, 3.63) is 0 Å². The van der Waals surface area contributed by atoms with Gasteiger partial charge in [0.1, 0.15) is 6.10 Å². The lowest BCUT2D eigenvalue weighted by atomic mass is 9.94. The van der Waals surface area contributed by atoms with Crippen LogP contribution in [0.15, 0.2) is 0 Å². The van der Waals surface area contributed by atoms with Crippen LogP contribution in [0.3, 0.4) is 0 Å². The van der Waals surface area contributed by atoms with Gasteiger partial charge in [-0.05, 0) is 25.7 Å². The topological polar surface area (TPSA) is 67.8 Å². The number of aliphatic hydroxyl groups is 1. The van der Waals surface area contributed by atoms with Crippen LogP contribution in [-0.2, 0) is 14.3 Å². The third kappa shape index (κ3) is 2.53. The minimum atomic E-state index is -0.377. The second kappa shape index (κ2) is 5.12. The highest BCUT2D eigenvalue weighted by molar-refractivity contribution is 5.81. The highest BCUT2D eigenvalue weighted by Crippen LogP contribution is 2.23. The lowest BCUT2D eigenvalue weighted by molar-refractivity contribution is -0.132. The van der Waals surface area contributed by atoms with Crippen molar-refractivity contribution in [2.75, 3.05) is 26.4 Å². The van der Waals surface area contributed by atoms with E-state index in [1.54, 1.807) is 0 Å². The number of nitrogens with one attached hydrogen (secondary N) is 1. The summed E-state index contributed by atoms with van der Waals surface area (Å²) in [4.78, 5) is 11.9. The van der Waals surface area contributed by atoms with E-state index in [9.17, 15) is 4.79 Å². The second-order valence-electron chi connectivity index (χ2n) is 4.55. The second-order valence-corrected chi connectivity index (χ2v) is 4.55. The van der Waals surface area contributed by atoms with Gasteiger partial charge < -0.3 is 19.9 Å². The SMILES string of the molecule is O=C(NC1(CCO)CCOC1)C1CCCO1. The molecule has 2 saturated heterocycles. The molecule has 2 fully saturated rings. The molecule has 2 N–H and O–H groups in total. The molecule has 2 aliphatic heterocycles. The molecule has 0 saturated carbocycles. The molecule has 2 heterocycles. The fourth-order valence-corrected chi connectivity index (χ4v) is 2.31. The van der Waals surface area contributed by atoms with Gasteiger partial charge >= 0.3 is 0 Å². The number of hydrogen-bond donors (Lipinski definition) is 2. The Labute approximate surface area is 95.1 Å². The van der Waals surface area contributed by atoms with Crippen LogP contribution in [-0.4, -0.2) is 49.1 Å². The van der Waals surface area contributed by atoms with Crippen molar-refractivity contribution in [3.8, 4) is 0 Å². The molecule has 2 atom stereocenters. The van der Waals surface area contributed by atoms with Crippen molar-refractivity contribution in [2.45, 2.75) is 37.3 Å². The van der Waals surface area contributed by atoms with Crippen LogP contribution in [0, 0.1) is 0 Å². The molecule has 0 aromatic carbocycles. The van der Waals surface area contributed by atoms with Crippen LogP contribution in [0.5, 0.6) is 0 Å². The predicted octanol–water partition coefficient (Wildman–Crippen LogP) is -0.177. The van der Waals surface area contributed by atoms with Crippen molar-refractivity contribution >= 4 is 5.91 Å². The summed E-state index contributed by atoms with van der Waals surface area (Å²) in [6.07, 6.45) is 2.75. The zero-order valence-corrected chi connectivity index (χ0v) is 9.41. The van der Waals surface area contributed by atoms with E-state index in [1.807, 2.05) is 0 Å². The molecule has 0 spiro atoms. The maximum Gasteiger partial charge on any atom is 0.249 e. The number of carbonyl (C=O) groups excluding carboxylic acids is 1. The first-order valence-corrected chi connectivity index (χ1v) is 5.88. The van der Waals surface area contributed by atoms with Crippen molar-refractivity contribution in [1.82, 2.24) is 5.32 Å². The highest BCUT2D eigenvalue weighted by Gasteiger charge is 2.38. The van der Waals surface area contributed by atoms with Crippen LogP contribution in [0.25, 0.3) is 0 Å². The molecule has 0 aliphatic carbocycles. The third-order valence-electron chi connectivity index (χ3n) is 3.30. The van der Waals surface area contributed by atoms with Gasteiger partial charge in [0.25, 0.3) is 0 Å². The Balaban J connectivity index is 1.91. The summed E-state index contributed by atoms with van der Waals surface area (Å²) >= 11 is 0. The largest absolute Gasteiger partial charge is 0.396 e. The van der Waals surface area contributed by atoms with E-state index in [0.717, 1.165) is 19.3 Å². The molecule has 5 nitrogen and oxygen atoms in total. The van der Waals surface area contributed by atoms with Crippen LogP contribution in [0.2, 0.25) is 0 Å². The molecule has 0 aromatic heterocycles.